The molecule has 0 radical (unpaired) electrons. The number of carbonyl (C=O) groups excluding carboxylic acids is 5. The van der Waals surface area contributed by atoms with E-state index in [1.54, 1.807) is 42.5 Å². The summed E-state index contributed by atoms with van der Waals surface area (Å²) in [4.78, 5) is 81.7. The van der Waals surface area contributed by atoms with E-state index in [2.05, 4.69) is 26.6 Å². The highest BCUT2D eigenvalue weighted by Crippen LogP contribution is 2.20. The molecule has 2 heterocycles. The van der Waals surface area contributed by atoms with Gasteiger partial charge in [0.05, 0.1) is 0 Å². The third-order valence-corrected chi connectivity index (χ3v) is 10.4. The molecule has 8 N–H and O–H groups in total. The van der Waals surface area contributed by atoms with Gasteiger partial charge in [0.25, 0.3) is 11.8 Å². The molecular weight excluding hydrogens is 779 g/mol. The van der Waals surface area contributed by atoms with Gasteiger partial charge in [-0.3, -0.25) is 24.0 Å². The van der Waals surface area contributed by atoms with E-state index in [0.29, 0.717) is 23.1 Å². The van der Waals surface area contributed by atoms with Gasteiger partial charge in [0.1, 0.15) is 24.2 Å². The molecule has 61 heavy (non-hydrogen) atoms. The third kappa shape index (κ3) is 12.2. The van der Waals surface area contributed by atoms with Crippen LogP contribution in [-0.2, 0) is 54.5 Å². The molecule has 0 aliphatic carbocycles. The Morgan fingerprint density at radius 2 is 0.951 bits per heavy atom. The number of carboxylic acids is 1. The Balaban J connectivity index is 1.37. The molecule has 0 unspecified atom stereocenters. The number of aliphatic hydroxyl groups excluding tert-OH is 2. The minimum absolute atomic E-state index is 0.0687. The van der Waals surface area contributed by atoms with Crippen molar-refractivity contribution in [3.63, 3.8) is 0 Å². The summed E-state index contributed by atoms with van der Waals surface area (Å²) >= 11 is 0. The van der Waals surface area contributed by atoms with E-state index < -0.39 is 71.9 Å². The van der Waals surface area contributed by atoms with Gasteiger partial charge in [0.2, 0.25) is 17.7 Å². The number of hydrogen-bond donors (Lipinski definition) is 8. The van der Waals surface area contributed by atoms with E-state index in [1.807, 2.05) is 72.8 Å². The van der Waals surface area contributed by atoms with E-state index in [-0.39, 0.29) is 31.4 Å². The molecule has 0 aromatic heterocycles. The summed E-state index contributed by atoms with van der Waals surface area (Å²) in [6, 6.07) is 35.2. The molecular formula is C47H47N5O9. The average molecular weight is 826 g/mol. The quantitative estimate of drug-likeness (QED) is 0.102. The van der Waals surface area contributed by atoms with Crippen molar-refractivity contribution < 1.29 is 44.1 Å². The number of benzene rings is 5. The number of carbonyl (C=O) groups is 6. The molecule has 0 spiro atoms. The maximum Gasteiger partial charge on any atom is 0.326 e. The van der Waals surface area contributed by atoms with E-state index in [4.69, 9.17) is 0 Å². The highest BCUT2D eigenvalue weighted by atomic mass is 16.4. The standard InChI is InChI=1S/C47H47N5O9/c53-40-41(54)46(59)51-38(26-30-12-6-2-7-13-30)44(57)50-37(27-31-16-21-34(22-17-31)33-14-8-3-9-15-33)43(56)49-36(25-20-29-10-4-1-5-11-29)42(55)52-39(47(60)61)28-32-18-23-35(24-19-32)48-45(40)58/h1-19,21-24,36-41,53-54H,20,25-28H2,(H,48,58)(H,49,56)(H,50,57)(H,51,59)(H,52,55)(H,60,61)/t36-,37+,38-,39+,40-,41-/m1/s1. The number of fused-ring (bicyclic) bond motifs is 18. The first-order valence-corrected chi connectivity index (χ1v) is 19.9. The molecule has 2 aliphatic rings. The van der Waals surface area contributed by atoms with Gasteiger partial charge in [-0.05, 0) is 58.4 Å². The highest BCUT2D eigenvalue weighted by molar-refractivity contribution is 6.00. The first-order valence-electron chi connectivity index (χ1n) is 19.9. The molecule has 0 saturated heterocycles. The molecule has 6 atom stereocenters. The molecule has 2 aliphatic heterocycles. The van der Waals surface area contributed by atoms with E-state index in [1.165, 1.54) is 24.3 Å². The van der Waals surface area contributed by atoms with E-state index in [9.17, 15) is 44.1 Å². The zero-order chi connectivity index (χ0) is 43.3. The third-order valence-electron chi connectivity index (χ3n) is 10.4. The Hall–Kier alpha value is -7.16. The lowest BCUT2D eigenvalue weighted by Crippen LogP contribution is -2.59. The summed E-state index contributed by atoms with van der Waals surface area (Å²) in [6.07, 6.45) is -4.51. The largest absolute Gasteiger partial charge is 0.480 e. The predicted molar refractivity (Wildman–Crippen MR) is 227 cm³/mol. The smallest absolute Gasteiger partial charge is 0.326 e. The topological polar surface area (TPSA) is 223 Å². The Morgan fingerprint density at radius 3 is 1.52 bits per heavy atom. The van der Waals surface area contributed by atoms with Gasteiger partial charge in [-0.25, -0.2) is 4.79 Å². The molecule has 0 fully saturated rings. The van der Waals surface area contributed by atoms with Crippen molar-refractivity contribution in [1.82, 2.24) is 21.3 Å². The van der Waals surface area contributed by atoms with E-state index >= 15 is 0 Å². The Morgan fingerprint density at radius 1 is 0.492 bits per heavy atom. The van der Waals surface area contributed by atoms with Crippen molar-refractivity contribution in [3.05, 3.63) is 162 Å². The summed E-state index contributed by atoms with van der Waals surface area (Å²) in [5, 5.41) is 44.7. The van der Waals surface area contributed by atoms with Crippen LogP contribution in [0.25, 0.3) is 11.1 Å². The van der Waals surface area contributed by atoms with E-state index in [0.717, 1.165) is 16.7 Å². The number of anilines is 1. The van der Waals surface area contributed by atoms with Crippen molar-refractivity contribution in [2.45, 2.75) is 68.5 Å². The van der Waals surface area contributed by atoms with Crippen molar-refractivity contribution in [3.8, 4) is 11.1 Å². The first kappa shape index (κ1) is 43.4. The summed E-state index contributed by atoms with van der Waals surface area (Å²) in [6.45, 7) is 0. The summed E-state index contributed by atoms with van der Waals surface area (Å²) in [5.74, 6) is -6.06. The van der Waals surface area contributed by atoms with Crippen LogP contribution in [0.15, 0.2) is 140 Å². The Bertz CT molecular complexity index is 2290. The van der Waals surface area contributed by atoms with Crippen LogP contribution in [0.2, 0.25) is 0 Å². The zero-order valence-electron chi connectivity index (χ0n) is 33.1. The highest BCUT2D eigenvalue weighted by Gasteiger charge is 2.35. The van der Waals surface area contributed by atoms with Crippen LogP contribution in [0.3, 0.4) is 0 Å². The molecule has 5 amide bonds. The lowest BCUT2D eigenvalue weighted by Gasteiger charge is -2.27. The monoisotopic (exact) mass is 825 g/mol. The van der Waals surface area contributed by atoms with Crippen molar-refractivity contribution in [2.75, 3.05) is 5.32 Å². The number of nitrogens with one attached hydrogen (secondary N) is 5. The van der Waals surface area contributed by atoms with Gasteiger partial charge in [-0.1, -0.05) is 127 Å². The SMILES string of the molecule is O=C(O)[C@@H]1Cc2ccc(cc2)NC(=O)[C@H](O)[C@@H](O)C(=O)N[C@H](Cc2ccccc2)C(=O)N[C@@H](Cc2ccc(-c3ccccc3)cc2)C(=O)N[C@H](CCc2ccccc2)C(=O)N1. The Labute approximate surface area is 352 Å². The second-order valence-electron chi connectivity index (χ2n) is 14.8. The first-order chi connectivity index (χ1) is 29.4. The van der Waals surface area contributed by atoms with Crippen LogP contribution in [0, 0.1) is 0 Å². The lowest BCUT2D eigenvalue weighted by atomic mass is 9.98. The lowest BCUT2D eigenvalue weighted by molar-refractivity contribution is -0.145. The minimum Gasteiger partial charge on any atom is -0.480 e. The van der Waals surface area contributed by atoms with Gasteiger partial charge in [0, 0.05) is 24.9 Å². The second kappa shape index (κ2) is 20.7. The maximum atomic E-state index is 14.5. The number of aryl methyl sites for hydroxylation is 1. The maximum absolute atomic E-state index is 14.5. The number of aliphatic carboxylic acids is 1. The van der Waals surface area contributed by atoms with Crippen LogP contribution in [0.4, 0.5) is 5.69 Å². The number of carboxylic acid groups (broad SMARTS) is 1. The second-order valence-corrected chi connectivity index (χ2v) is 14.8. The molecule has 7 rings (SSSR count). The average Bonchev–Trinajstić information content (AvgIpc) is 3.27. The molecule has 5 aromatic carbocycles. The molecule has 314 valence electrons. The van der Waals surface area contributed by atoms with Crippen molar-refractivity contribution >= 4 is 41.2 Å². The zero-order valence-corrected chi connectivity index (χ0v) is 33.1. The van der Waals surface area contributed by atoms with Gasteiger partial charge in [-0.2, -0.15) is 0 Å². The fraction of sp³-hybridized carbons (Fsp3) is 0.234. The normalized spacial score (nSPS) is 21.8. The van der Waals surface area contributed by atoms with Crippen LogP contribution >= 0.6 is 0 Å². The summed E-state index contributed by atoms with van der Waals surface area (Å²) in [5.41, 5.74) is 4.61. The van der Waals surface area contributed by atoms with Gasteiger partial charge < -0.3 is 41.9 Å². The van der Waals surface area contributed by atoms with Crippen molar-refractivity contribution in [1.29, 1.82) is 0 Å². The fourth-order valence-electron chi connectivity index (χ4n) is 6.93. The van der Waals surface area contributed by atoms with Gasteiger partial charge >= 0.3 is 5.97 Å². The fourth-order valence-corrected chi connectivity index (χ4v) is 6.93. The molecule has 5 aromatic rings. The van der Waals surface area contributed by atoms with Crippen LogP contribution in [-0.4, -0.2) is 87.2 Å². The minimum atomic E-state index is -2.31. The molecule has 14 nitrogen and oxygen atoms in total. The number of rotatable bonds is 9. The van der Waals surface area contributed by atoms with Gasteiger partial charge in [0.15, 0.2) is 12.2 Å². The Kier molecular flexibility index (Phi) is 14.7. The molecule has 2 bridgehead atoms. The number of amides is 5. The summed E-state index contributed by atoms with van der Waals surface area (Å²) < 4.78 is 0. The number of hydrogen-bond acceptors (Lipinski definition) is 8. The van der Waals surface area contributed by atoms with Crippen LogP contribution < -0.4 is 26.6 Å². The number of aliphatic hydroxyl groups is 2. The van der Waals surface area contributed by atoms with Crippen molar-refractivity contribution in [2.24, 2.45) is 0 Å². The van der Waals surface area contributed by atoms with Crippen LogP contribution in [0.5, 0.6) is 0 Å². The molecule has 14 heteroatoms. The van der Waals surface area contributed by atoms with Crippen LogP contribution in [0.1, 0.15) is 28.7 Å². The predicted octanol–water partition coefficient (Wildman–Crippen LogP) is 2.71. The van der Waals surface area contributed by atoms with Gasteiger partial charge in [-0.15, -0.1) is 0 Å². The summed E-state index contributed by atoms with van der Waals surface area (Å²) in [7, 11) is 0. The molecule has 0 saturated carbocycles.